The standard InChI is InChI=1S/C22H22N6O/c1-29-17-9-15(8-16(10-17)27-6-4-22(13-27)2-3-22)18-11-20(24)26-21(19(18)12-23)28-7-5-25-14-28/h5,7-11,14H,2-4,6,13H2,1H3,(H2,24,26). The first-order valence-electron chi connectivity index (χ1n) is 9.74. The third-order valence-electron chi connectivity index (χ3n) is 6.08. The highest BCUT2D eigenvalue weighted by atomic mass is 16.5. The lowest BCUT2D eigenvalue weighted by atomic mass is 9.99. The SMILES string of the molecule is COc1cc(-c2cc(N)nc(-n3ccnc3)c2C#N)cc(N2CCC3(CC3)C2)c1. The lowest BCUT2D eigenvalue weighted by Crippen LogP contribution is -2.20. The molecule has 0 bridgehead atoms. The number of hydrogen-bond acceptors (Lipinski definition) is 6. The van der Waals surface area contributed by atoms with Gasteiger partial charge in [0.05, 0.1) is 7.11 Å². The van der Waals surface area contributed by atoms with Crippen molar-refractivity contribution in [2.45, 2.75) is 19.3 Å². The van der Waals surface area contributed by atoms with Crippen LogP contribution in [0.25, 0.3) is 16.9 Å². The number of imidazole rings is 1. The van der Waals surface area contributed by atoms with Crippen molar-refractivity contribution in [1.82, 2.24) is 14.5 Å². The van der Waals surface area contributed by atoms with Crippen molar-refractivity contribution in [2.75, 3.05) is 30.8 Å². The molecule has 1 saturated heterocycles. The molecule has 2 fully saturated rings. The van der Waals surface area contributed by atoms with E-state index in [1.165, 1.54) is 19.3 Å². The number of aromatic nitrogens is 3. The Morgan fingerprint density at radius 3 is 2.72 bits per heavy atom. The second-order valence-corrected chi connectivity index (χ2v) is 7.97. The van der Waals surface area contributed by atoms with Gasteiger partial charge in [-0.3, -0.25) is 4.57 Å². The second-order valence-electron chi connectivity index (χ2n) is 7.97. The predicted molar refractivity (Wildman–Crippen MR) is 111 cm³/mol. The number of methoxy groups -OCH3 is 1. The van der Waals surface area contributed by atoms with Crippen LogP contribution in [0.5, 0.6) is 5.75 Å². The normalized spacial score (nSPS) is 16.8. The fourth-order valence-corrected chi connectivity index (χ4v) is 4.24. The number of nitriles is 1. The van der Waals surface area contributed by atoms with Crippen LogP contribution < -0.4 is 15.4 Å². The molecule has 7 nitrogen and oxygen atoms in total. The summed E-state index contributed by atoms with van der Waals surface area (Å²) >= 11 is 0. The van der Waals surface area contributed by atoms with Crippen LogP contribution >= 0.6 is 0 Å². The first kappa shape index (κ1) is 17.6. The average molecular weight is 386 g/mol. The summed E-state index contributed by atoms with van der Waals surface area (Å²) in [5, 5.41) is 9.93. The van der Waals surface area contributed by atoms with Gasteiger partial charge in [0.2, 0.25) is 0 Å². The topological polar surface area (TPSA) is 93.0 Å². The summed E-state index contributed by atoms with van der Waals surface area (Å²) in [6.07, 6.45) is 8.92. The largest absolute Gasteiger partial charge is 0.497 e. The van der Waals surface area contributed by atoms with Crippen LogP contribution in [0, 0.1) is 16.7 Å². The monoisotopic (exact) mass is 386 g/mol. The van der Waals surface area contributed by atoms with Gasteiger partial charge in [-0.2, -0.15) is 5.26 Å². The van der Waals surface area contributed by atoms with Gasteiger partial charge in [0, 0.05) is 42.8 Å². The number of rotatable bonds is 4. The third-order valence-corrected chi connectivity index (χ3v) is 6.08. The Morgan fingerprint density at radius 1 is 1.21 bits per heavy atom. The smallest absolute Gasteiger partial charge is 0.158 e. The zero-order valence-electron chi connectivity index (χ0n) is 16.3. The molecule has 0 radical (unpaired) electrons. The Balaban J connectivity index is 1.64. The Kier molecular flexibility index (Phi) is 3.95. The number of nitrogens with two attached hydrogens (primary N) is 1. The molecular weight excluding hydrogens is 364 g/mol. The number of hydrogen-bond donors (Lipinski definition) is 1. The minimum Gasteiger partial charge on any atom is -0.497 e. The molecule has 2 N–H and O–H groups in total. The maximum atomic E-state index is 9.93. The minimum atomic E-state index is 0.352. The lowest BCUT2D eigenvalue weighted by Gasteiger charge is -2.21. The number of benzene rings is 1. The Labute approximate surface area is 169 Å². The lowest BCUT2D eigenvalue weighted by molar-refractivity contribution is 0.415. The van der Waals surface area contributed by atoms with Crippen LogP contribution in [0.3, 0.4) is 0 Å². The first-order valence-corrected chi connectivity index (χ1v) is 9.74. The second kappa shape index (κ2) is 6.52. The van der Waals surface area contributed by atoms with E-state index in [-0.39, 0.29) is 0 Å². The van der Waals surface area contributed by atoms with E-state index in [1.54, 1.807) is 36.5 Å². The molecule has 1 aromatic carbocycles. The van der Waals surface area contributed by atoms with Crippen LogP contribution in [0.15, 0.2) is 43.0 Å². The molecule has 146 valence electrons. The zero-order valence-corrected chi connectivity index (χ0v) is 16.3. The van der Waals surface area contributed by atoms with Crippen LogP contribution in [-0.2, 0) is 0 Å². The van der Waals surface area contributed by atoms with Crippen molar-refractivity contribution in [3.8, 4) is 28.8 Å². The fourth-order valence-electron chi connectivity index (χ4n) is 4.24. The molecule has 5 rings (SSSR count). The van der Waals surface area contributed by atoms with Crippen molar-refractivity contribution in [1.29, 1.82) is 5.26 Å². The summed E-state index contributed by atoms with van der Waals surface area (Å²) in [6.45, 7) is 2.14. The van der Waals surface area contributed by atoms with E-state index in [9.17, 15) is 5.26 Å². The first-order chi connectivity index (χ1) is 14.1. The van der Waals surface area contributed by atoms with E-state index in [0.29, 0.717) is 22.6 Å². The fraction of sp³-hybridized carbons (Fsp3) is 0.318. The third kappa shape index (κ3) is 3.07. The van der Waals surface area contributed by atoms with Crippen LogP contribution in [0.4, 0.5) is 11.5 Å². The van der Waals surface area contributed by atoms with E-state index >= 15 is 0 Å². The Morgan fingerprint density at radius 2 is 2.07 bits per heavy atom. The summed E-state index contributed by atoms with van der Waals surface area (Å²) < 4.78 is 7.28. The van der Waals surface area contributed by atoms with Crippen molar-refractivity contribution >= 4 is 11.5 Å². The highest BCUT2D eigenvalue weighted by Gasteiger charge is 2.47. The molecule has 3 aromatic rings. The van der Waals surface area contributed by atoms with E-state index in [2.05, 4.69) is 33.1 Å². The van der Waals surface area contributed by atoms with Gasteiger partial charge in [-0.1, -0.05) is 0 Å². The molecule has 2 aliphatic rings. The van der Waals surface area contributed by atoms with E-state index < -0.39 is 0 Å². The molecule has 1 spiro atoms. The maximum Gasteiger partial charge on any atom is 0.158 e. The quantitative estimate of drug-likeness (QED) is 0.739. The summed E-state index contributed by atoms with van der Waals surface area (Å²) in [7, 11) is 1.66. The summed E-state index contributed by atoms with van der Waals surface area (Å²) in [5.74, 6) is 1.59. The van der Waals surface area contributed by atoms with E-state index in [0.717, 1.165) is 35.7 Å². The van der Waals surface area contributed by atoms with Crippen LogP contribution in [0.2, 0.25) is 0 Å². The van der Waals surface area contributed by atoms with Gasteiger partial charge < -0.3 is 15.4 Å². The summed E-state index contributed by atoms with van der Waals surface area (Å²) in [4.78, 5) is 10.9. The average Bonchev–Trinajstić information content (AvgIpc) is 3.11. The number of anilines is 2. The molecule has 1 aliphatic carbocycles. The Bertz CT molecular complexity index is 1110. The van der Waals surface area contributed by atoms with Crippen molar-refractivity contribution in [2.24, 2.45) is 5.41 Å². The molecule has 2 aromatic heterocycles. The van der Waals surface area contributed by atoms with E-state index in [1.807, 2.05) is 6.07 Å². The number of ether oxygens (including phenoxy) is 1. The van der Waals surface area contributed by atoms with Gasteiger partial charge in [0.15, 0.2) is 5.82 Å². The number of pyridine rings is 1. The van der Waals surface area contributed by atoms with Gasteiger partial charge in [0.25, 0.3) is 0 Å². The molecule has 29 heavy (non-hydrogen) atoms. The number of nitrogen functional groups attached to an aromatic ring is 1. The number of nitrogens with zero attached hydrogens (tertiary/aromatic N) is 5. The highest BCUT2D eigenvalue weighted by Crippen LogP contribution is 2.53. The molecule has 3 heterocycles. The van der Waals surface area contributed by atoms with Crippen molar-refractivity contribution < 1.29 is 4.74 Å². The van der Waals surface area contributed by atoms with Gasteiger partial charge >= 0.3 is 0 Å². The summed E-state index contributed by atoms with van der Waals surface area (Å²) in [5.41, 5.74) is 9.83. The van der Waals surface area contributed by atoms with E-state index in [4.69, 9.17) is 10.5 Å². The summed E-state index contributed by atoms with van der Waals surface area (Å²) in [6, 6.07) is 10.2. The van der Waals surface area contributed by atoms with Gasteiger partial charge in [-0.05, 0) is 48.4 Å². The van der Waals surface area contributed by atoms with Crippen LogP contribution in [0.1, 0.15) is 24.8 Å². The molecule has 0 unspecified atom stereocenters. The molecule has 0 amide bonds. The Hall–Kier alpha value is -3.53. The molecular formula is C22H22N6O. The van der Waals surface area contributed by atoms with Crippen LogP contribution in [-0.4, -0.2) is 34.7 Å². The maximum absolute atomic E-state index is 9.93. The van der Waals surface area contributed by atoms with Gasteiger partial charge in [-0.15, -0.1) is 0 Å². The van der Waals surface area contributed by atoms with Gasteiger partial charge in [0.1, 0.15) is 29.5 Å². The predicted octanol–water partition coefficient (Wildman–Crippen LogP) is 3.39. The van der Waals surface area contributed by atoms with Crippen molar-refractivity contribution in [3.05, 3.63) is 48.5 Å². The van der Waals surface area contributed by atoms with Crippen molar-refractivity contribution in [3.63, 3.8) is 0 Å². The molecule has 7 heteroatoms. The minimum absolute atomic E-state index is 0.352. The molecule has 0 atom stereocenters. The molecule has 1 saturated carbocycles. The van der Waals surface area contributed by atoms with Gasteiger partial charge in [-0.25, -0.2) is 9.97 Å². The highest BCUT2D eigenvalue weighted by molar-refractivity contribution is 5.79. The molecule has 1 aliphatic heterocycles. The zero-order chi connectivity index (χ0) is 20.0.